The molecule has 0 aliphatic heterocycles. The molecule has 4 aromatic carbocycles. The maximum Gasteiger partial charge on any atom is 0.160 e. The smallest absolute Gasteiger partial charge is 0.160 e. The molecule has 0 spiro atoms. The molecule has 6 aromatic rings. The van der Waals surface area contributed by atoms with Gasteiger partial charge >= 0.3 is 0 Å². The minimum atomic E-state index is 0.668. The number of hydrogen-bond acceptors (Lipinski definition) is 4. The van der Waals surface area contributed by atoms with Crippen molar-refractivity contribution < 1.29 is 0 Å². The minimum absolute atomic E-state index is 0.668. The third-order valence-corrected chi connectivity index (χ3v) is 7.92. The van der Waals surface area contributed by atoms with Crippen molar-refractivity contribution in [3.05, 3.63) is 182 Å². The van der Waals surface area contributed by atoms with Crippen LogP contribution in [0, 0.1) is 0 Å². The largest absolute Gasteiger partial charge is 0.243 e. The average Bonchev–Trinajstić information content (AvgIpc) is 3.16. The fourth-order valence-corrected chi connectivity index (χ4v) is 5.59. The highest BCUT2D eigenvalue weighted by molar-refractivity contribution is 5.89. The molecule has 0 radical (unpaired) electrons. The number of aromatic nitrogens is 4. The Hall–Kier alpha value is -6.26. The molecule has 2 aromatic heterocycles. The van der Waals surface area contributed by atoms with Gasteiger partial charge in [-0.3, -0.25) is 0 Å². The third-order valence-electron chi connectivity index (χ3n) is 7.92. The van der Waals surface area contributed by atoms with Gasteiger partial charge in [-0.05, 0) is 31.6 Å². The molecule has 0 amide bonds. The summed E-state index contributed by atoms with van der Waals surface area (Å²) in [4.78, 5) is 20.8. The van der Waals surface area contributed by atoms with Crippen molar-refractivity contribution in [2.24, 2.45) is 0 Å². The summed E-state index contributed by atoms with van der Waals surface area (Å²) < 4.78 is 0. The Morgan fingerprint density at radius 1 is 0.521 bits per heavy atom. The van der Waals surface area contributed by atoms with Gasteiger partial charge in [0, 0.05) is 33.4 Å². The molecule has 6 rings (SSSR count). The second-order valence-electron chi connectivity index (χ2n) is 11.1. The highest BCUT2D eigenvalue weighted by atomic mass is 14.9. The summed E-state index contributed by atoms with van der Waals surface area (Å²) in [6.45, 7) is 12.1. The van der Waals surface area contributed by atoms with E-state index >= 15 is 0 Å². The first-order chi connectivity index (χ1) is 23.6. The number of benzene rings is 4. The Kier molecular flexibility index (Phi) is 9.84. The van der Waals surface area contributed by atoms with Crippen molar-refractivity contribution in [1.29, 1.82) is 0 Å². The molecule has 4 heteroatoms. The van der Waals surface area contributed by atoms with E-state index in [1.165, 1.54) is 0 Å². The fourth-order valence-electron chi connectivity index (χ4n) is 5.59. The summed E-state index contributed by atoms with van der Waals surface area (Å²) in [6.07, 6.45) is 11.6. The van der Waals surface area contributed by atoms with Crippen molar-refractivity contribution in [3.63, 3.8) is 0 Å². The Morgan fingerprint density at radius 3 is 1.62 bits per heavy atom. The Bertz CT molecular complexity index is 2100. The fraction of sp³-hybridized carbons (Fsp3) is 0.0455. The molecule has 2 heterocycles. The van der Waals surface area contributed by atoms with E-state index in [9.17, 15) is 0 Å². The molecular weight excluding hydrogens is 585 g/mol. The van der Waals surface area contributed by atoms with Gasteiger partial charge in [0.1, 0.15) is 0 Å². The first kappa shape index (κ1) is 31.7. The molecule has 0 saturated carbocycles. The molecule has 0 N–H and O–H groups in total. The van der Waals surface area contributed by atoms with Gasteiger partial charge in [-0.15, -0.1) is 0 Å². The third kappa shape index (κ3) is 6.79. The van der Waals surface area contributed by atoms with E-state index in [4.69, 9.17) is 19.9 Å². The zero-order valence-electron chi connectivity index (χ0n) is 27.2. The van der Waals surface area contributed by atoms with Crippen LogP contribution in [0.4, 0.5) is 0 Å². The van der Waals surface area contributed by atoms with Gasteiger partial charge in [-0.1, -0.05) is 159 Å². The second-order valence-corrected chi connectivity index (χ2v) is 11.1. The van der Waals surface area contributed by atoms with Gasteiger partial charge < -0.3 is 0 Å². The van der Waals surface area contributed by atoms with Crippen LogP contribution in [0.2, 0.25) is 0 Å². The van der Waals surface area contributed by atoms with E-state index in [1.54, 1.807) is 12.2 Å². The lowest BCUT2D eigenvalue weighted by Gasteiger charge is -2.17. The number of allylic oxidation sites excluding steroid dienone is 8. The van der Waals surface area contributed by atoms with Crippen LogP contribution < -0.4 is 0 Å². The van der Waals surface area contributed by atoms with E-state index in [0.29, 0.717) is 5.82 Å². The van der Waals surface area contributed by atoms with Gasteiger partial charge in [0.05, 0.1) is 34.2 Å². The summed E-state index contributed by atoms with van der Waals surface area (Å²) in [5.74, 6) is 0.668. The number of nitrogens with zero attached hydrogens (tertiary/aromatic N) is 4. The van der Waals surface area contributed by atoms with Gasteiger partial charge in [-0.2, -0.15) is 0 Å². The molecule has 0 atom stereocenters. The van der Waals surface area contributed by atoms with Crippen LogP contribution in [-0.2, 0) is 0 Å². The molecule has 0 bridgehead atoms. The highest BCUT2D eigenvalue weighted by Gasteiger charge is 2.20. The number of rotatable bonds is 10. The van der Waals surface area contributed by atoms with Crippen LogP contribution in [0.5, 0.6) is 0 Å². The zero-order chi connectivity index (χ0) is 33.3. The van der Waals surface area contributed by atoms with Crippen molar-refractivity contribution >= 4 is 11.1 Å². The standard InChI is InChI=1S/C44H36N4/c1-5-19-31(7-3)40-41(32(8-4)20-6-2)48-43(42(47-40)34-23-14-10-15-24-34)37-28-18-27-36(29-37)39-30-38(33-21-12-9-13-22-33)45-44(46-39)35-25-16-11-17-26-35/h5-30H,2,4H2,1,3H3/b19-5-,31-7+,32-20+. The number of hydrogen-bond donors (Lipinski definition) is 0. The van der Waals surface area contributed by atoms with Crippen LogP contribution >= 0.6 is 0 Å². The summed E-state index contributed by atoms with van der Waals surface area (Å²) in [7, 11) is 0. The van der Waals surface area contributed by atoms with Crippen LogP contribution in [0.25, 0.3) is 67.6 Å². The van der Waals surface area contributed by atoms with E-state index < -0.39 is 0 Å². The lowest BCUT2D eigenvalue weighted by atomic mass is 9.97. The first-order valence-electron chi connectivity index (χ1n) is 16.0. The van der Waals surface area contributed by atoms with Crippen molar-refractivity contribution in [3.8, 4) is 56.4 Å². The maximum atomic E-state index is 5.37. The van der Waals surface area contributed by atoms with Gasteiger partial charge in [0.2, 0.25) is 0 Å². The molecule has 0 aliphatic carbocycles. The SMILES string of the molecule is C=C/C=C(\C=C)c1nc(-c2cccc(-c3cc(-c4ccccc4)nc(-c4ccccc4)n3)c2)c(-c2ccccc2)nc1C(/C=C\C)=C/C. The zero-order valence-corrected chi connectivity index (χ0v) is 27.2. The Labute approximate surface area is 283 Å². The van der Waals surface area contributed by atoms with E-state index in [-0.39, 0.29) is 0 Å². The van der Waals surface area contributed by atoms with Gasteiger partial charge in [-0.25, -0.2) is 19.9 Å². The summed E-state index contributed by atoms with van der Waals surface area (Å²) in [6, 6.07) is 40.9. The Balaban J connectivity index is 1.60. The monoisotopic (exact) mass is 620 g/mol. The molecule has 0 saturated heterocycles. The molecule has 4 nitrogen and oxygen atoms in total. The molecule has 48 heavy (non-hydrogen) atoms. The average molecular weight is 621 g/mol. The summed E-state index contributed by atoms with van der Waals surface area (Å²) in [5.41, 5.74) is 11.4. The maximum absolute atomic E-state index is 5.37. The predicted molar refractivity (Wildman–Crippen MR) is 202 cm³/mol. The van der Waals surface area contributed by atoms with Crippen molar-refractivity contribution in [2.75, 3.05) is 0 Å². The van der Waals surface area contributed by atoms with Crippen LogP contribution in [0.1, 0.15) is 25.2 Å². The topological polar surface area (TPSA) is 51.6 Å². The molecule has 0 fully saturated rings. The van der Waals surface area contributed by atoms with Crippen molar-refractivity contribution in [2.45, 2.75) is 13.8 Å². The van der Waals surface area contributed by atoms with Crippen LogP contribution in [0.3, 0.4) is 0 Å². The summed E-state index contributed by atoms with van der Waals surface area (Å²) in [5, 5.41) is 0. The van der Waals surface area contributed by atoms with Crippen molar-refractivity contribution in [1.82, 2.24) is 19.9 Å². The molecule has 232 valence electrons. The van der Waals surface area contributed by atoms with Gasteiger partial charge in [0.15, 0.2) is 5.82 Å². The van der Waals surface area contributed by atoms with E-state index in [1.807, 2.05) is 98.8 Å². The Morgan fingerprint density at radius 2 is 1.04 bits per heavy atom. The summed E-state index contributed by atoms with van der Waals surface area (Å²) >= 11 is 0. The van der Waals surface area contributed by atoms with Crippen LogP contribution in [0.15, 0.2) is 171 Å². The quantitative estimate of drug-likeness (QED) is 0.143. The first-order valence-corrected chi connectivity index (χ1v) is 16.0. The lowest BCUT2D eigenvalue weighted by Crippen LogP contribution is -2.05. The minimum Gasteiger partial charge on any atom is -0.243 e. The second kappa shape index (κ2) is 14.9. The normalized spacial score (nSPS) is 11.9. The van der Waals surface area contributed by atoms with E-state index in [2.05, 4.69) is 73.8 Å². The highest BCUT2D eigenvalue weighted by Crippen LogP contribution is 2.36. The molecule has 0 unspecified atom stereocenters. The molecular formula is C44H36N4. The lowest BCUT2D eigenvalue weighted by molar-refractivity contribution is 1.15. The molecule has 0 aliphatic rings. The van der Waals surface area contributed by atoms with E-state index in [0.717, 1.165) is 73.1 Å². The van der Waals surface area contributed by atoms with Gasteiger partial charge in [0.25, 0.3) is 0 Å². The predicted octanol–water partition coefficient (Wildman–Crippen LogP) is 11.3. The van der Waals surface area contributed by atoms with Crippen LogP contribution in [-0.4, -0.2) is 19.9 Å².